The van der Waals surface area contributed by atoms with Gasteiger partial charge in [-0.2, -0.15) is 0 Å². The number of aliphatic hydroxyl groups excluding tert-OH is 3. The summed E-state index contributed by atoms with van der Waals surface area (Å²) in [5.41, 5.74) is 6.04. The van der Waals surface area contributed by atoms with Gasteiger partial charge in [-0.3, -0.25) is 9.59 Å². The highest BCUT2D eigenvalue weighted by Crippen LogP contribution is 2.23. The Kier molecular flexibility index (Phi) is 34.9. The molecular weight excluding hydrogens is 711 g/mol. The number of carbonyl (C=O) groups excluding carboxylic acids is 2. The highest BCUT2D eigenvalue weighted by molar-refractivity contribution is 5.70. The standard InChI is InChI=1S/C46H85NO9/c1-3-5-7-9-11-13-15-17-19-21-23-25-27-29-31-33-35-40(49)53-38-42(56-46-43(47)45(52)44(51)39(37-48)54-46)55-41(50)36-34-32-30-28-26-24-22-20-18-16-14-12-10-8-6-4-2/h17-20,39,42-46,48,51-52H,3-16,21-38,47H2,1-2H3/b19-17-,20-18-/t39-,42?,43?,44-,45?,46+/m1/s1. The van der Waals surface area contributed by atoms with Crippen LogP contribution in [-0.2, 0) is 28.5 Å². The van der Waals surface area contributed by atoms with Gasteiger partial charge >= 0.3 is 11.9 Å². The molecule has 1 aliphatic heterocycles. The molecule has 328 valence electrons. The molecule has 10 nitrogen and oxygen atoms in total. The summed E-state index contributed by atoms with van der Waals surface area (Å²) in [6, 6.07) is -1.18. The van der Waals surface area contributed by atoms with E-state index in [4.69, 9.17) is 24.7 Å². The second kappa shape index (κ2) is 37.5. The fourth-order valence-electron chi connectivity index (χ4n) is 6.95. The number of hydrogen-bond donors (Lipinski definition) is 4. The summed E-state index contributed by atoms with van der Waals surface area (Å²) in [5, 5.41) is 30.1. The molecule has 1 rings (SSSR count). The van der Waals surface area contributed by atoms with E-state index in [1.807, 2.05) is 0 Å². The monoisotopic (exact) mass is 796 g/mol. The third-order valence-corrected chi connectivity index (χ3v) is 10.6. The number of nitrogens with two attached hydrogens (primary N) is 1. The van der Waals surface area contributed by atoms with E-state index in [1.54, 1.807) is 0 Å². The van der Waals surface area contributed by atoms with Gasteiger partial charge in [0.15, 0.2) is 12.9 Å². The van der Waals surface area contributed by atoms with Gasteiger partial charge in [-0.25, -0.2) is 0 Å². The number of aliphatic hydroxyl groups is 3. The second-order valence-corrected chi connectivity index (χ2v) is 15.9. The minimum Gasteiger partial charge on any atom is -0.459 e. The van der Waals surface area contributed by atoms with Crippen molar-refractivity contribution in [3.05, 3.63) is 24.3 Å². The van der Waals surface area contributed by atoms with Gasteiger partial charge in [0, 0.05) is 12.8 Å². The zero-order valence-electron chi connectivity index (χ0n) is 35.8. The minimum absolute atomic E-state index is 0.183. The number of carbonyl (C=O) groups is 2. The lowest BCUT2D eigenvalue weighted by Gasteiger charge is -2.41. The average Bonchev–Trinajstić information content (AvgIpc) is 3.19. The normalized spacial score (nSPS) is 20.6. The molecule has 1 heterocycles. The van der Waals surface area contributed by atoms with Gasteiger partial charge in [0.2, 0.25) is 6.29 Å². The first-order valence-corrected chi connectivity index (χ1v) is 23.0. The topological polar surface area (TPSA) is 158 Å². The molecule has 0 aromatic rings. The van der Waals surface area contributed by atoms with Gasteiger partial charge in [-0.15, -0.1) is 0 Å². The number of allylic oxidation sites excluding steroid dienone is 4. The van der Waals surface area contributed by atoms with Gasteiger partial charge < -0.3 is 40.0 Å². The third kappa shape index (κ3) is 28.6. The lowest BCUT2D eigenvalue weighted by atomic mass is 9.98. The minimum atomic E-state index is -1.43. The van der Waals surface area contributed by atoms with Crippen LogP contribution >= 0.6 is 0 Å². The predicted molar refractivity (Wildman–Crippen MR) is 226 cm³/mol. The summed E-state index contributed by atoms with van der Waals surface area (Å²) >= 11 is 0. The van der Waals surface area contributed by atoms with Crippen LogP contribution in [0.3, 0.4) is 0 Å². The molecule has 1 aliphatic rings. The highest BCUT2D eigenvalue weighted by atomic mass is 16.8. The molecule has 0 aromatic carbocycles. The molecule has 1 saturated heterocycles. The number of unbranched alkanes of at least 4 members (excludes halogenated alkanes) is 24. The van der Waals surface area contributed by atoms with Crippen LogP contribution in [0.1, 0.15) is 206 Å². The number of hydrogen-bond acceptors (Lipinski definition) is 10. The van der Waals surface area contributed by atoms with Gasteiger partial charge in [-0.05, 0) is 64.2 Å². The molecule has 0 amide bonds. The van der Waals surface area contributed by atoms with Gasteiger partial charge in [0.25, 0.3) is 0 Å². The van der Waals surface area contributed by atoms with E-state index in [9.17, 15) is 24.9 Å². The molecule has 10 heteroatoms. The predicted octanol–water partition coefficient (Wildman–Crippen LogP) is 10.0. The molecule has 0 spiro atoms. The SMILES string of the molecule is CCCCCCCC/C=C\CCCCCCCCC(=O)OCC(OC(=O)CCCCCCCC/C=C\CCCCCCCC)O[C@@H]1O[C@H](CO)[C@@H](O)C(O)C1N. The van der Waals surface area contributed by atoms with E-state index >= 15 is 0 Å². The van der Waals surface area contributed by atoms with Crippen LogP contribution in [0.25, 0.3) is 0 Å². The van der Waals surface area contributed by atoms with Crippen molar-refractivity contribution in [1.82, 2.24) is 0 Å². The largest absolute Gasteiger partial charge is 0.459 e. The molecule has 6 atom stereocenters. The van der Waals surface area contributed by atoms with Crippen molar-refractivity contribution in [2.75, 3.05) is 13.2 Å². The first-order valence-electron chi connectivity index (χ1n) is 23.0. The van der Waals surface area contributed by atoms with Crippen LogP contribution < -0.4 is 5.73 Å². The van der Waals surface area contributed by atoms with Crippen molar-refractivity contribution in [2.45, 2.75) is 243 Å². The van der Waals surface area contributed by atoms with Gasteiger partial charge in [0.05, 0.1) is 12.6 Å². The quantitative estimate of drug-likeness (QED) is 0.0205. The Morgan fingerprint density at radius 1 is 0.589 bits per heavy atom. The van der Waals surface area contributed by atoms with Crippen LogP contribution in [0.2, 0.25) is 0 Å². The lowest BCUT2D eigenvalue weighted by molar-refractivity contribution is -0.309. The lowest BCUT2D eigenvalue weighted by Crippen LogP contribution is -2.63. The van der Waals surface area contributed by atoms with Crippen molar-refractivity contribution in [3.8, 4) is 0 Å². The Bertz CT molecular complexity index is 974. The molecule has 5 N–H and O–H groups in total. The second-order valence-electron chi connectivity index (χ2n) is 15.9. The Labute approximate surface area is 341 Å². The van der Waals surface area contributed by atoms with E-state index in [0.29, 0.717) is 12.8 Å². The maximum absolute atomic E-state index is 12.8. The molecular formula is C46H85NO9. The van der Waals surface area contributed by atoms with E-state index in [0.717, 1.165) is 51.4 Å². The average molecular weight is 796 g/mol. The van der Waals surface area contributed by atoms with E-state index in [1.165, 1.54) is 116 Å². The summed E-state index contributed by atoms with van der Waals surface area (Å²) in [7, 11) is 0. The molecule has 0 bridgehead atoms. The maximum atomic E-state index is 12.8. The Balaban J connectivity index is 2.32. The van der Waals surface area contributed by atoms with E-state index in [2.05, 4.69) is 38.2 Å². The van der Waals surface area contributed by atoms with Crippen molar-refractivity contribution >= 4 is 11.9 Å². The Hall–Kier alpha value is -1.82. The maximum Gasteiger partial charge on any atom is 0.308 e. The van der Waals surface area contributed by atoms with Crippen molar-refractivity contribution < 1.29 is 43.9 Å². The highest BCUT2D eigenvalue weighted by Gasteiger charge is 2.44. The summed E-state index contributed by atoms with van der Waals surface area (Å²) in [5.74, 6) is -0.922. The van der Waals surface area contributed by atoms with Crippen molar-refractivity contribution in [3.63, 3.8) is 0 Å². The molecule has 0 saturated carbocycles. The number of ether oxygens (including phenoxy) is 4. The summed E-state index contributed by atoms with van der Waals surface area (Å²) in [6.45, 7) is 3.57. The summed E-state index contributed by atoms with van der Waals surface area (Å²) in [4.78, 5) is 25.4. The van der Waals surface area contributed by atoms with Crippen LogP contribution in [0.15, 0.2) is 24.3 Å². The first-order chi connectivity index (χ1) is 27.3. The zero-order valence-corrected chi connectivity index (χ0v) is 35.8. The molecule has 0 radical (unpaired) electrons. The molecule has 0 aromatic heterocycles. The molecule has 56 heavy (non-hydrogen) atoms. The van der Waals surface area contributed by atoms with Crippen LogP contribution in [0, 0.1) is 0 Å². The van der Waals surface area contributed by atoms with Crippen LogP contribution in [0.4, 0.5) is 0 Å². The van der Waals surface area contributed by atoms with Crippen molar-refractivity contribution in [2.24, 2.45) is 5.73 Å². The van der Waals surface area contributed by atoms with Crippen LogP contribution in [0.5, 0.6) is 0 Å². The molecule has 3 unspecified atom stereocenters. The van der Waals surface area contributed by atoms with Crippen LogP contribution in [-0.4, -0.2) is 77.4 Å². The number of esters is 2. The van der Waals surface area contributed by atoms with Gasteiger partial charge in [0.1, 0.15) is 18.3 Å². The smallest absolute Gasteiger partial charge is 0.308 e. The summed E-state index contributed by atoms with van der Waals surface area (Å²) < 4.78 is 22.3. The Morgan fingerprint density at radius 3 is 1.41 bits per heavy atom. The van der Waals surface area contributed by atoms with Crippen molar-refractivity contribution in [1.29, 1.82) is 0 Å². The summed E-state index contributed by atoms with van der Waals surface area (Å²) in [6.07, 6.45) is 36.0. The fraction of sp³-hybridized carbons (Fsp3) is 0.870. The van der Waals surface area contributed by atoms with E-state index < -0.39 is 55.5 Å². The fourth-order valence-corrected chi connectivity index (χ4v) is 6.95. The van der Waals surface area contributed by atoms with Gasteiger partial charge in [-0.1, -0.05) is 154 Å². The molecule has 1 fully saturated rings. The third-order valence-electron chi connectivity index (χ3n) is 10.6. The first kappa shape index (κ1) is 52.2. The molecule has 0 aliphatic carbocycles. The zero-order chi connectivity index (χ0) is 40.9. The number of rotatable bonds is 38. The Morgan fingerprint density at radius 2 is 0.982 bits per heavy atom. The van der Waals surface area contributed by atoms with E-state index in [-0.39, 0.29) is 19.4 Å².